The van der Waals surface area contributed by atoms with Gasteiger partial charge in [-0.05, 0) is 14.0 Å². The molecule has 2 N–H and O–H groups in total. The average Bonchev–Trinajstić information content (AvgIpc) is 1.72. The van der Waals surface area contributed by atoms with E-state index in [4.69, 9.17) is 13.7 Å². The van der Waals surface area contributed by atoms with Gasteiger partial charge in [0, 0.05) is 26.7 Å². The summed E-state index contributed by atoms with van der Waals surface area (Å²) in [4.78, 5) is 0. The fourth-order valence-corrected chi connectivity index (χ4v) is 0.0625. The largest absolute Gasteiger partial charge is 0.318 e. The third-order valence-electron chi connectivity index (χ3n) is 0.188. The minimum absolute atomic E-state index is 1.40. The van der Waals surface area contributed by atoms with E-state index in [1.165, 1.54) is 10.6 Å². The Morgan fingerprint density at radius 2 is 2.00 bits per heavy atom. The van der Waals surface area contributed by atoms with E-state index in [2.05, 4.69) is 0 Å². The van der Waals surface area contributed by atoms with Crippen LogP contribution in [0.4, 0.5) is 0 Å². The first kappa shape index (κ1) is 0.644. The van der Waals surface area contributed by atoms with E-state index in [1.54, 1.807) is 0 Å². The Kier molecular flexibility index (Phi) is 0.528. The molecular formula is C4H12N2. The lowest BCUT2D eigenvalue weighted by Gasteiger charge is -1.92. The van der Waals surface area contributed by atoms with Crippen LogP contribution in [0.1, 0.15) is 13.7 Å². The smallest absolute Gasteiger partial charge is 0.0441 e. The first-order chi connectivity index (χ1) is 6.66. The van der Waals surface area contributed by atoms with Crippen LogP contribution in [-0.2, 0) is 0 Å². The highest BCUT2D eigenvalue weighted by Crippen LogP contribution is 1.45. The van der Waals surface area contributed by atoms with Crippen LogP contribution in [-0.4, -0.2) is 26.9 Å². The Bertz CT molecular complexity index is 212. The fraction of sp³-hybridized carbons (Fsp3) is 1.00. The summed E-state index contributed by atoms with van der Waals surface area (Å²) in [5.41, 5.74) is 0. The van der Waals surface area contributed by atoms with Gasteiger partial charge in [0.05, 0.1) is 0 Å². The Morgan fingerprint density at radius 3 is 2.33 bits per heavy atom. The molecule has 38 valence electrons. The molecule has 0 atom stereocenters. The lowest BCUT2D eigenvalue weighted by Crippen LogP contribution is -2.21. The van der Waals surface area contributed by atoms with E-state index in [1.807, 2.05) is 0 Å². The molecule has 0 aromatic heterocycles. The molecule has 0 spiro atoms. The lowest BCUT2D eigenvalue weighted by molar-refractivity contribution is 0.718. The first-order valence-electron chi connectivity index (χ1n) is 6.25. The number of hydrogen-bond donors (Lipinski definition) is 2. The van der Waals surface area contributed by atoms with Gasteiger partial charge in [0.15, 0.2) is 0 Å². The van der Waals surface area contributed by atoms with Crippen molar-refractivity contribution in [3.63, 3.8) is 0 Å². The number of rotatable bonds is 3. The minimum atomic E-state index is -3.06. The summed E-state index contributed by atoms with van der Waals surface area (Å²) in [6.45, 7) is -12.0. The van der Waals surface area contributed by atoms with E-state index >= 15 is 0 Å². The van der Waals surface area contributed by atoms with E-state index in [-0.39, 0.29) is 0 Å². The topological polar surface area (TPSA) is 24.1 Å². The summed E-state index contributed by atoms with van der Waals surface area (Å²) in [7, 11) is 0. The van der Waals surface area contributed by atoms with Gasteiger partial charge >= 0.3 is 0 Å². The van der Waals surface area contributed by atoms with Gasteiger partial charge in [0.1, 0.15) is 0 Å². The quantitative estimate of drug-likeness (QED) is 0.494. The second-order valence-electron chi connectivity index (χ2n) is 0.500. The zero-order chi connectivity index (χ0) is 13.4. The van der Waals surface area contributed by atoms with Crippen molar-refractivity contribution in [2.75, 3.05) is 26.9 Å². The number of nitrogens with one attached hydrogen (secondary N) is 2. The highest BCUT2D eigenvalue weighted by atomic mass is 14.9. The SMILES string of the molecule is [2H]C([2H])([2H])NC([2H])([2H])C([2H])([2H])NC([2H])([2H])[2H]. The van der Waals surface area contributed by atoms with E-state index in [0.717, 1.165) is 0 Å². The third kappa shape index (κ3) is 3.92. The molecule has 2 heteroatoms. The molecule has 2 nitrogen and oxygen atoms in total. The molecule has 0 aromatic rings. The highest BCUT2D eigenvalue weighted by molar-refractivity contribution is 4.38. The maximum Gasteiger partial charge on any atom is 0.0441 e. The lowest BCUT2D eigenvalue weighted by atomic mass is 10.6. The molecule has 0 aliphatic carbocycles. The van der Waals surface area contributed by atoms with E-state index in [9.17, 15) is 0 Å². The molecule has 0 radical (unpaired) electrons. The van der Waals surface area contributed by atoms with Gasteiger partial charge in [-0.3, -0.25) is 0 Å². The average molecular weight is 98.2 g/mol. The molecule has 0 bridgehead atoms. The first-order valence-corrected chi connectivity index (χ1v) is 1.25. The van der Waals surface area contributed by atoms with Crippen molar-refractivity contribution in [3.05, 3.63) is 0 Å². The second-order valence-corrected chi connectivity index (χ2v) is 0.500. The molecule has 0 aliphatic heterocycles. The summed E-state index contributed by atoms with van der Waals surface area (Å²) in [5.74, 6) is 0. The van der Waals surface area contributed by atoms with Crippen molar-refractivity contribution in [2.24, 2.45) is 0 Å². The summed E-state index contributed by atoms with van der Waals surface area (Å²) < 4.78 is 69.2. The predicted octanol–water partition coefficient (Wildman–Crippen LogP) is -0.575. The van der Waals surface area contributed by atoms with Crippen LogP contribution in [0.2, 0.25) is 0 Å². The molecule has 0 fully saturated rings. The maximum absolute atomic E-state index is 7.17. The van der Waals surface area contributed by atoms with Crippen molar-refractivity contribution in [3.8, 4) is 0 Å². The van der Waals surface area contributed by atoms with Crippen molar-refractivity contribution in [1.82, 2.24) is 10.6 Å². The van der Waals surface area contributed by atoms with Crippen molar-refractivity contribution < 1.29 is 13.7 Å². The normalized spacial score (nSPS) is 42.7. The molecular weight excluding hydrogens is 76.1 g/mol. The van der Waals surface area contributed by atoms with Crippen molar-refractivity contribution in [2.45, 2.75) is 0 Å². The maximum atomic E-state index is 7.17. The van der Waals surface area contributed by atoms with Gasteiger partial charge in [0.2, 0.25) is 0 Å². The molecule has 0 heterocycles. The van der Waals surface area contributed by atoms with Crippen molar-refractivity contribution in [1.29, 1.82) is 0 Å². The van der Waals surface area contributed by atoms with Crippen LogP contribution < -0.4 is 10.6 Å². The van der Waals surface area contributed by atoms with Gasteiger partial charge in [-0.1, -0.05) is 0 Å². The zero-order valence-electron chi connectivity index (χ0n) is 13.0. The molecule has 0 saturated heterocycles. The summed E-state index contributed by atoms with van der Waals surface area (Å²) >= 11 is 0. The van der Waals surface area contributed by atoms with Crippen molar-refractivity contribution >= 4 is 0 Å². The Labute approximate surface area is 53.0 Å². The Balaban J connectivity index is 4.85. The Hall–Kier alpha value is -0.0800. The van der Waals surface area contributed by atoms with Crippen LogP contribution in [0.15, 0.2) is 0 Å². The van der Waals surface area contributed by atoms with Crippen LogP contribution in [0.3, 0.4) is 0 Å². The molecule has 6 heavy (non-hydrogen) atoms. The van der Waals surface area contributed by atoms with E-state index in [0.29, 0.717) is 0 Å². The molecule has 0 unspecified atom stereocenters. The van der Waals surface area contributed by atoms with Crippen LogP contribution in [0.25, 0.3) is 0 Å². The third-order valence-corrected chi connectivity index (χ3v) is 0.188. The van der Waals surface area contributed by atoms with E-state index < -0.39 is 26.9 Å². The van der Waals surface area contributed by atoms with Gasteiger partial charge in [-0.2, -0.15) is 0 Å². The minimum Gasteiger partial charge on any atom is -0.318 e. The summed E-state index contributed by atoms with van der Waals surface area (Å²) in [6.07, 6.45) is 0. The molecule has 0 amide bonds. The molecule has 0 aliphatic rings. The second kappa shape index (κ2) is 4.92. The Morgan fingerprint density at radius 1 is 1.50 bits per heavy atom. The van der Waals surface area contributed by atoms with Crippen LogP contribution >= 0.6 is 0 Å². The highest BCUT2D eigenvalue weighted by Gasteiger charge is 1.70. The van der Waals surface area contributed by atoms with Crippen LogP contribution in [0.5, 0.6) is 0 Å². The standard InChI is InChI=1S/C4H12N2/c1-5-3-4-6-2/h5-6H,3-4H2,1-2H3/i1D3,2D3,3D2,4D2. The van der Waals surface area contributed by atoms with Gasteiger partial charge in [0.25, 0.3) is 0 Å². The van der Waals surface area contributed by atoms with Gasteiger partial charge < -0.3 is 10.6 Å². The molecule has 0 saturated carbocycles. The fourth-order valence-electron chi connectivity index (χ4n) is 0.0625. The zero-order valence-corrected chi connectivity index (χ0v) is 3.00. The van der Waals surface area contributed by atoms with Gasteiger partial charge in [-0.25, -0.2) is 0 Å². The number of likely N-dealkylation sites (N-methyl/N-ethyl adjacent to an activating group) is 2. The summed E-state index contributed by atoms with van der Waals surface area (Å²) in [5, 5.41) is 2.81. The predicted molar refractivity (Wildman–Crippen MR) is 27.9 cm³/mol. The monoisotopic (exact) mass is 98.2 g/mol. The van der Waals surface area contributed by atoms with Gasteiger partial charge in [-0.15, -0.1) is 0 Å². The molecule has 0 rings (SSSR count). The molecule has 0 aromatic carbocycles. The number of hydrogen-bond acceptors (Lipinski definition) is 2. The summed E-state index contributed by atoms with van der Waals surface area (Å²) in [6, 6.07) is 0. The van der Waals surface area contributed by atoms with Crippen LogP contribution in [0, 0.1) is 0 Å².